The van der Waals surface area contributed by atoms with E-state index in [9.17, 15) is 12.8 Å². The molecule has 18 heavy (non-hydrogen) atoms. The molecule has 4 nitrogen and oxygen atoms in total. The Kier molecular flexibility index (Phi) is 4.34. The number of anilines is 1. The fourth-order valence-corrected chi connectivity index (χ4v) is 3.29. The standard InChI is InChI=1S/C12H19FN2O2S/c1-5-8(2)15(4)18(16,17)12-7-10(14)6-11(13)9(12)3/h6-8H,5,14H2,1-4H3. The van der Waals surface area contributed by atoms with Crippen molar-refractivity contribution in [2.75, 3.05) is 12.8 Å². The molecular weight excluding hydrogens is 255 g/mol. The summed E-state index contributed by atoms with van der Waals surface area (Å²) < 4.78 is 39.5. The first kappa shape index (κ1) is 14.9. The molecule has 1 unspecified atom stereocenters. The molecular formula is C12H19FN2O2S. The number of nitrogens with two attached hydrogens (primary N) is 1. The lowest BCUT2D eigenvalue weighted by atomic mass is 10.2. The van der Waals surface area contributed by atoms with Crippen LogP contribution in [0.25, 0.3) is 0 Å². The third-order valence-corrected chi connectivity index (χ3v) is 5.29. The second-order valence-corrected chi connectivity index (χ2v) is 6.37. The van der Waals surface area contributed by atoms with E-state index in [0.717, 1.165) is 6.07 Å². The van der Waals surface area contributed by atoms with E-state index < -0.39 is 15.8 Å². The fourth-order valence-electron chi connectivity index (χ4n) is 1.59. The Morgan fingerprint density at radius 3 is 2.50 bits per heavy atom. The maximum atomic E-state index is 13.6. The highest BCUT2D eigenvalue weighted by Gasteiger charge is 2.27. The van der Waals surface area contributed by atoms with Gasteiger partial charge in [0.2, 0.25) is 10.0 Å². The third kappa shape index (κ3) is 2.64. The summed E-state index contributed by atoms with van der Waals surface area (Å²) in [5.41, 5.74) is 5.71. The quantitative estimate of drug-likeness (QED) is 0.856. The Bertz CT molecular complexity index is 543. The molecule has 0 bridgehead atoms. The fraction of sp³-hybridized carbons (Fsp3) is 0.500. The molecule has 0 aromatic heterocycles. The number of halogens is 1. The van der Waals surface area contributed by atoms with E-state index >= 15 is 0 Å². The minimum atomic E-state index is -3.71. The topological polar surface area (TPSA) is 63.4 Å². The van der Waals surface area contributed by atoms with Gasteiger partial charge in [-0.25, -0.2) is 12.8 Å². The highest BCUT2D eigenvalue weighted by Crippen LogP contribution is 2.25. The molecule has 1 aromatic carbocycles. The molecule has 0 saturated heterocycles. The number of hydrogen-bond donors (Lipinski definition) is 1. The van der Waals surface area contributed by atoms with Gasteiger partial charge < -0.3 is 5.73 Å². The molecule has 0 aliphatic heterocycles. The molecule has 0 radical (unpaired) electrons. The molecule has 2 N–H and O–H groups in total. The number of hydrogen-bond acceptors (Lipinski definition) is 3. The average Bonchev–Trinajstić information content (AvgIpc) is 2.31. The Hall–Kier alpha value is -1.14. The van der Waals surface area contributed by atoms with Gasteiger partial charge in [0.05, 0.1) is 4.90 Å². The Labute approximate surface area is 108 Å². The SMILES string of the molecule is CCC(C)N(C)S(=O)(=O)c1cc(N)cc(F)c1C. The van der Waals surface area contributed by atoms with Crippen LogP contribution < -0.4 is 5.73 Å². The van der Waals surface area contributed by atoms with Crippen molar-refractivity contribution in [1.82, 2.24) is 4.31 Å². The molecule has 6 heteroatoms. The van der Waals surface area contributed by atoms with E-state index in [1.165, 1.54) is 24.3 Å². The highest BCUT2D eigenvalue weighted by atomic mass is 32.2. The predicted molar refractivity (Wildman–Crippen MR) is 70.3 cm³/mol. The van der Waals surface area contributed by atoms with Crippen molar-refractivity contribution in [1.29, 1.82) is 0 Å². The van der Waals surface area contributed by atoms with Crippen LogP contribution in [-0.4, -0.2) is 25.8 Å². The van der Waals surface area contributed by atoms with Crippen molar-refractivity contribution in [2.24, 2.45) is 0 Å². The molecule has 102 valence electrons. The van der Waals surface area contributed by atoms with Crippen LogP contribution in [-0.2, 0) is 10.0 Å². The molecule has 0 saturated carbocycles. The maximum Gasteiger partial charge on any atom is 0.243 e. The first-order valence-corrected chi connectivity index (χ1v) is 7.19. The van der Waals surface area contributed by atoms with Crippen LogP contribution in [0.15, 0.2) is 17.0 Å². The molecule has 0 aliphatic rings. The van der Waals surface area contributed by atoms with E-state index in [2.05, 4.69) is 0 Å². The monoisotopic (exact) mass is 274 g/mol. The molecule has 0 aliphatic carbocycles. The minimum Gasteiger partial charge on any atom is -0.399 e. The number of nitrogen functional groups attached to an aromatic ring is 1. The van der Waals surface area contributed by atoms with Gasteiger partial charge in [-0.2, -0.15) is 4.31 Å². The van der Waals surface area contributed by atoms with Crippen molar-refractivity contribution in [3.8, 4) is 0 Å². The van der Waals surface area contributed by atoms with Crippen LogP contribution in [0.4, 0.5) is 10.1 Å². The Morgan fingerprint density at radius 1 is 1.44 bits per heavy atom. The third-order valence-electron chi connectivity index (χ3n) is 3.19. The Morgan fingerprint density at radius 2 is 2.00 bits per heavy atom. The van der Waals surface area contributed by atoms with Crippen LogP contribution >= 0.6 is 0 Å². The van der Waals surface area contributed by atoms with Gasteiger partial charge in [0.15, 0.2) is 0 Å². The van der Waals surface area contributed by atoms with Crippen LogP contribution in [0.2, 0.25) is 0 Å². The van der Waals surface area contributed by atoms with Crippen molar-refractivity contribution in [2.45, 2.75) is 38.1 Å². The molecule has 1 aromatic rings. The molecule has 0 spiro atoms. The van der Waals surface area contributed by atoms with Gasteiger partial charge >= 0.3 is 0 Å². The number of benzene rings is 1. The number of nitrogens with zero attached hydrogens (tertiary/aromatic N) is 1. The average molecular weight is 274 g/mol. The molecule has 0 fully saturated rings. The van der Waals surface area contributed by atoms with Gasteiger partial charge in [-0.05, 0) is 32.4 Å². The van der Waals surface area contributed by atoms with Crippen LogP contribution in [0.3, 0.4) is 0 Å². The normalized spacial score (nSPS) is 13.9. The first-order valence-electron chi connectivity index (χ1n) is 5.75. The lowest BCUT2D eigenvalue weighted by Gasteiger charge is -2.24. The van der Waals surface area contributed by atoms with Crippen LogP contribution in [0.1, 0.15) is 25.8 Å². The van der Waals surface area contributed by atoms with E-state index in [1.807, 2.05) is 6.92 Å². The lowest BCUT2D eigenvalue weighted by molar-refractivity contribution is 0.380. The van der Waals surface area contributed by atoms with Crippen molar-refractivity contribution >= 4 is 15.7 Å². The van der Waals surface area contributed by atoms with Crippen molar-refractivity contribution in [3.63, 3.8) is 0 Å². The zero-order valence-corrected chi connectivity index (χ0v) is 11.9. The van der Waals surface area contributed by atoms with Crippen LogP contribution in [0, 0.1) is 12.7 Å². The summed E-state index contributed by atoms with van der Waals surface area (Å²) in [5.74, 6) is -0.605. The number of rotatable bonds is 4. The summed E-state index contributed by atoms with van der Waals surface area (Å²) in [4.78, 5) is -0.0669. The van der Waals surface area contributed by atoms with Crippen LogP contribution in [0.5, 0.6) is 0 Å². The van der Waals surface area contributed by atoms with Gasteiger partial charge in [0.1, 0.15) is 5.82 Å². The summed E-state index contributed by atoms with van der Waals surface area (Å²) >= 11 is 0. The largest absolute Gasteiger partial charge is 0.399 e. The van der Waals surface area contributed by atoms with E-state index in [1.54, 1.807) is 6.92 Å². The molecule has 1 rings (SSSR count). The summed E-state index contributed by atoms with van der Waals surface area (Å²) in [6.45, 7) is 5.13. The summed E-state index contributed by atoms with van der Waals surface area (Å²) in [5, 5.41) is 0. The molecule has 1 atom stereocenters. The van der Waals surface area contributed by atoms with E-state index in [-0.39, 0.29) is 22.2 Å². The minimum absolute atomic E-state index is 0.0669. The smallest absolute Gasteiger partial charge is 0.243 e. The second kappa shape index (κ2) is 5.24. The Balaban J connectivity index is 3.37. The highest BCUT2D eigenvalue weighted by molar-refractivity contribution is 7.89. The van der Waals surface area contributed by atoms with Gasteiger partial charge in [0, 0.05) is 24.3 Å². The number of sulfonamides is 1. The second-order valence-electron chi connectivity index (χ2n) is 4.40. The lowest BCUT2D eigenvalue weighted by Crippen LogP contribution is -2.35. The van der Waals surface area contributed by atoms with Gasteiger partial charge in [-0.3, -0.25) is 0 Å². The first-order chi connectivity index (χ1) is 8.21. The summed E-state index contributed by atoms with van der Waals surface area (Å²) in [7, 11) is -2.22. The van der Waals surface area contributed by atoms with E-state index in [0.29, 0.717) is 6.42 Å². The zero-order valence-electron chi connectivity index (χ0n) is 11.1. The van der Waals surface area contributed by atoms with Crippen molar-refractivity contribution < 1.29 is 12.8 Å². The molecule has 0 heterocycles. The van der Waals surface area contributed by atoms with Gasteiger partial charge in [0.25, 0.3) is 0 Å². The summed E-state index contributed by atoms with van der Waals surface area (Å²) in [6, 6.07) is 2.27. The molecule has 0 amide bonds. The zero-order chi connectivity index (χ0) is 14.1. The predicted octanol–water partition coefficient (Wildman–Crippen LogP) is 2.14. The summed E-state index contributed by atoms with van der Waals surface area (Å²) in [6.07, 6.45) is 0.680. The van der Waals surface area contributed by atoms with Crippen molar-refractivity contribution in [3.05, 3.63) is 23.5 Å². The van der Waals surface area contributed by atoms with E-state index in [4.69, 9.17) is 5.73 Å². The maximum absolute atomic E-state index is 13.6. The van der Waals surface area contributed by atoms with Gasteiger partial charge in [-0.1, -0.05) is 6.92 Å². The van der Waals surface area contributed by atoms with Gasteiger partial charge in [-0.15, -0.1) is 0 Å².